The van der Waals surface area contributed by atoms with Crippen molar-refractivity contribution >= 4 is 23.4 Å². The molecule has 3 aromatic rings. The van der Waals surface area contributed by atoms with Gasteiger partial charge >= 0.3 is 0 Å². The number of para-hydroxylation sites is 1. The summed E-state index contributed by atoms with van der Waals surface area (Å²) in [7, 11) is 0. The Morgan fingerprint density at radius 3 is 2.74 bits per heavy atom. The van der Waals surface area contributed by atoms with Gasteiger partial charge in [0.2, 0.25) is 5.16 Å². The van der Waals surface area contributed by atoms with Gasteiger partial charge in [0, 0.05) is 0 Å². The second-order valence-electron chi connectivity index (χ2n) is 3.49. The summed E-state index contributed by atoms with van der Waals surface area (Å²) in [5.41, 5.74) is 0.880. The second-order valence-corrected chi connectivity index (χ2v) is 4.87. The molecule has 0 N–H and O–H groups in total. The maximum absolute atomic E-state index is 5.80. The Labute approximate surface area is 117 Å². The molecule has 0 bridgehead atoms. The highest BCUT2D eigenvalue weighted by molar-refractivity contribution is 7.99. The molecule has 0 amide bonds. The molecule has 0 radical (unpaired) electrons. The van der Waals surface area contributed by atoms with Crippen LogP contribution in [-0.2, 0) is 0 Å². The van der Waals surface area contributed by atoms with Crippen LogP contribution >= 0.6 is 23.4 Å². The van der Waals surface area contributed by atoms with Crippen LogP contribution in [0.15, 0.2) is 52.9 Å². The molecule has 1 aromatic carbocycles. The van der Waals surface area contributed by atoms with Crippen molar-refractivity contribution in [1.82, 2.24) is 30.2 Å². The first-order valence-electron chi connectivity index (χ1n) is 5.32. The van der Waals surface area contributed by atoms with E-state index in [-0.39, 0.29) is 0 Å². The van der Waals surface area contributed by atoms with Gasteiger partial charge in [-0.3, -0.25) is 4.98 Å². The zero-order valence-electron chi connectivity index (χ0n) is 9.51. The van der Waals surface area contributed by atoms with Crippen LogP contribution in [0, 0.1) is 0 Å². The molecule has 0 aliphatic rings. The summed E-state index contributed by atoms with van der Waals surface area (Å²) in [4.78, 5) is 8.11. The van der Waals surface area contributed by atoms with E-state index in [0.29, 0.717) is 15.3 Å². The second kappa shape index (κ2) is 5.33. The van der Waals surface area contributed by atoms with Crippen molar-refractivity contribution in [3.63, 3.8) is 0 Å². The van der Waals surface area contributed by atoms with Crippen LogP contribution in [0.2, 0.25) is 5.15 Å². The maximum atomic E-state index is 5.80. The average Bonchev–Trinajstić information content (AvgIpc) is 2.88. The van der Waals surface area contributed by atoms with E-state index in [1.165, 1.54) is 18.0 Å². The van der Waals surface area contributed by atoms with Crippen molar-refractivity contribution in [2.75, 3.05) is 0 Å². The van der Waals surface area contributed by atoms with E-state index < -0.39 is 0 Å². The minimum atomic E-state index is 0.337. The molecule has 2 aromatic heterocycles. The first kappa shape index (κ1) is 12.1. The number of hydrogen-bond donors (Lipinski definition) is 0. The van der Waals surface area contributed by atoms with E-state index in [0.717, 1.165) is 5.69 Å². The summed E-state index contributed by atoms with van der Waals surface area (Å²) in [5, 5.41) is 13.2. The van der Waals surface area contributed by atoms with Gasteiger partial charge in [-0.15, -0.1) is 5.10 Å². The molecule has 3 rings (SSSR count). The monoisotopic (exact) mass is 290 g/mol. The SMILES string of the molecule is Clc1cncc(Sc2nnnn2-c2ccccc2)n1. The van der Waals surface area contributed by atoms with Crippen LogP contribution in [-0.4, -0.2) is 30.2 Å². The fraction of sp³-hybridized carbons (Fsp3) is 0. The number of benzene rings is 1. The van der Waals surface area contributed by atoms with Gasteiger partial charge in [-0.2, -0.15) is 4.68 Å². The Morgan fingerprint density at radius 2 is 1.95 bits per heavy atom. The Bertz CT molecular complexity index is 686. The Balaban J connectivity index is 1.93. The summed E-state index contributed by atoms with van der Waals surface area (Å²) in [6.07, 6.45) is 3.09. The standard InChI is InChI=1S/C11H7ClN6S/c12-9-6-13-7-10(14-9)19-11-15-16-17-18(11)8-4-2-1-3-5-8/h1-7H. The molecule has 0 saturated carbocycles. The van der Waals surface area contributed by atoms with Crippen molar-refractivity contribution < 1.29 is 0 Å². The largest absolute Gasteiger partial charge is 0.259 e. The van der Waals surface area contributed by atoms with Crippen molar-refractivity contribution in [3.05, 3.63) is 47.9 Å². The third-order valence-electron chi connectivity index (χ3n) is 2.22. The maximum Gasteiger partial charge on any atom is 0.220 e. The zero-order chi connectivity index (χ0) is 13.1. The molecule has 94 valence electrons. The first-order chi connectivity index (χ1) is 9.33. The summed E-state index contributed by atoms with van der Waals surface area (Å²) in [6, 6.07) is 9.62. The van der Waals surface area contributed by atoms with E-state index in [4.69, 9.17) is 11.6 Å². The molecular weight excluding hydrogens is 284 g/mol. The zero-order valence-corrected chi connectivity index (χ0v) is 11.1. The van der Waals surface area contributed by atoms with E-state index in [1.54, 1.807) is 10.9 Å². The van der Waals surface area contributed by atoms with E-state index >= 15 is 0 Å². The molecule has 6 nitrogen and oxygen atoms in total. The number of hydrogen-bond acceptors (Lipinski definition) is 6. The molecule has 0 fully saturated rings. The van der Waals surface area contributed by atoms with Crippen molar-refractivity contribution in [1.29, 1.82) is 0 Å². The van der Waals surface area contributed by atoms with E-state index in [1.807, 2.05) is 30.3 Å². The Kier molecular flexibility index (Phi) is 3.39. The molecule has 2 heterocycles. The predicted molar refractivity (Wildman–Crippen MR) is 70.3 cm³/mol. The lowest BCUT2D eigenvalue weighted by Crippen LogP contribution is -1.98. The smallest absolute Gasteiger partial charge is 0.220 e. The lowest BCUT2D eigenvalue weighted by molar-refractivity contribution is 0.756. The highest BCUT2D eigenvalue weighted by atomic mass is 35.5. The normalized spacial score (nSPS) is 10.6. The van der Waals surface area contributed by atoms with Gasteiger partial charge in [-0.1, -0.05) is 29.8 Å². The lowest BCUT2D eigenvalue weighted by Gasteiger charge is -2.03. The molecule has 0 spiro atoms. The van der Waals surface area contributed by atoms with Crippen LogP contribution in [0.5, 0.6) is 0 Å². The molecular formula is C11H7ClN6S. The van der Waals surface area contributed by atoms with Crippen molar-refractivity contribution in [2.24, 2.45) is 0 Å². The quantitative estimate of drug-likeness (QED) is 0.737. The molecule has 0 aliphatic carbocycles. The van der Waals surface area contributed by atoms with Gasteiger partial charge in [0.25, 0.3) is 0 Å². The molecule has 8 heteroatoms. The fourth-order valence-electron chi connectivity index (χ4n) is 1.44. The predicted octanol–water partition coefficient (Wildman–Crippen LogP) is 2.26. The van der Waals surface area contributed by atoms with Crippen molar-refractivity contribution in [3.8, 4) is 5.69 Å². The number of nitrogens with zero attached hydrogens (tertiary/aromatic N) is 6. The molecule has 19 heavy (non-hydrogen) atoms. The van der Waals surface area contributed by atoms with Crippen LogP contribution in [0.4, 0.5) is 0 Å². The van der Waals surface area contributed by atoms with Crippen LogP contribution < -0.4 is 0 Å². The minimum absolute atomic E-state index is 0.337. The molecule has 0 aliphatic heterocycles. The van der Waals surface area contributed by atoms with Gasteiger partial charge in [-0.25, -0.2) is 4.98 Å². The lowest BCUT2D eigenvalue weighted by atomic mass is 10.3. The third-order valence-corrected chi connectivity index (χ3v) is 3.25. The Morgan fingerprint density at radius 1 is 1.11 bits per heavy atom. The number of rotatable bonds is 3. The van der Waals surface area contributed by atoms with Crippen molar-refractivity contribution in [2.45, 2.75) is 10.2 Å². The first-order valence-corrected chi connectivity index (χ1v) is 6.51. The summed E-state index contributed by atoms with van der Waals surface area (Å²) < 4.78 is 1.63. The van der Waals surface area contributed by atoms with Gasteiger partial charge in [0.15, 0.2) is 0 Å². The topological polar surface area (TPSA) is 69.4 Å². The summed E-state index contributed by atoms with van der Waals surface area (Å²) in [6.45, 7) is 0. The molecule has 0 unspecified atom stereocenters. The summed E-state index contributed by atoms with van der Waals surface area (Å²) >= 11 is 7.10. The number of halogens is 1. The summed E-state index contributed by atoms with van der Waals surface area (Å²) in [5.74, 6) is 0. The van der Waals surface area contributed by atoms with Gasteiger partial charge < -0.3 is 0 Å². The number of tetrazole rings is 1. The van der Waals surface area contributed by atoms with Gasteiger partial charge in [-0.05, 0) is 34.3 Å². The molecule has 0 atom stereocenters. The highest BCUT2D eigenvalue weighted by Gasteiger charge is 2.11. The highest BCUT2D eigenvalue weighted by Crippen LogP contribution is 2.25. The minimum Gasteiger partial charge on any atom is -0.259 e. The average molecular weight is 291 g/mol. The van der Waals surface area contributed by atoms with Crippen LogP contribution in [0.1, 0.15) is 0 Å². The molecule has 0 saturated heterocycles. The third kappa shape index (κ3) is 2.72. The number of aromatic nitrogens is 6. The van der Waals surface area contributed by atoms with Crippen LogP contribution in [0.25, 0.3) is 5.69 Å². The van der Waals surface area contributed by atoms with Gasteiger partial charge in [0.1, 0.15) is 10.2 Å². The van der Waals surface area contributed by atoms with Gasteiger partial charge in [0.05, 0.1) is 18.1 Å². The van der Waals surface area contributed by atoms with E-state index in [2.05, 4.69) is 25.5 Å². The fourth-order valence-corrected chi connectivity index (χ4v) is 2.39. The Hall–Kier alpha value is -1.99. The van der Waals surface area contributed by atoms with Crippen LogP contribution in [0.3, 0.4) is 0 Å². The van der Waals surface area contributed by atoms with E-state index in [9.17, 15) is 0 Å².